The van der Waals surface area contributed by atoms with Crippen LogP contribution in [-0.2, 0) is 9.53 Å². The summed E-state index contributed by atoms with van der Waals surface area (Å²) in [5.74, 6) is -0.739. The van der Waals surface area contributed by atoms with E-state index in [0.717, 1.165) is 32.5 Å². The van der Waals surface area contributed by atoms with Gasteiger partial charge in [0.15, 0.2) is 0 Å². The molecule has 1 fully saturated rings. The Bertz CT molecular complexity index is 153. The number of carbonyl (C=O) groups is 1. The van der Waals surface area contributed by atoms with Crippen LogP contribution in [0, 0.1) is 0 Å². The van der Waals surface area contributed by atoms with Crippen molar-refractivity contribution >= 4 is 5.97 Å². The Morgan fingerprint density at radius 1 is 1.46 bits per heavy atom. The quantitative estimate of drug-likeness (QED) is 0.677. The molecule has 4 nitrogen and oxygen atoms in total. The van der Waals surface area contributed by atoms with Crippen LogP contribution in [0.4, 0.5) is 0 Å². The molecule has 0 aromatic rings. The fraction of sp³-hybridized carbons (Fsp3) is 0.889. The molecule has 1 rings (SSSR count). The summed E-state index contributed by atoms with van der Waals surface area (Å²) in [7, 11) is 0. The smallest absolute Gasteiger partial charge is 0.304 e. The molecule has 0 spiro atoms. The topological polar surface area (TPSA) is 58.6 Å². The third-order valence-electron chi connectivity index (χ3n) is 2.22. The molecule has 0 aromatic heterocycles. The van der Waals surface area contributed by atoms with Gasteiger partial charge in [-0.25, -0.2) is 0 Å². The second-order valence-electron chi connectivity index (χ2n) is 3.34. The minimum absolute atomic E-state index is 0.206. The summed E-state index contributed by atoms with van der Waals surface area (Å²) in [4.78, 5) is 10.2. The lowest BCUT2D eigenvalue weighted by Gasteiger charge is -2.14. The van der Waals surface area contributed by atoms with Crippen LogP contribution in [0.5, 0.6) is 0 Å². The maximum atomic E-state index is 10.2. The first kappa shape index (κ1) is 10.5. The Morgan fingerprint density at radius 3 is 3.08 bits per heavy atom. The Hall–Kier alpha value is -0.610. The monoisotopic (exact) mass is 187 g/mol. The first-order chi connectivity index (χ1) is 6.29. The van der Waals surface area contributed by atoms with Crippen LogP contribution >= 0.6 is 0 Å². The van der Waals surface area contributed by atoms with Gasteiger partial charge < -0.3 is 15.2 Å². The molecule has 1 heterocycles. The predicted octanol–water partition coefficient (Wildman–Crippen LogP) is 0.620. The average molecular weight is 187 g/mol. The van der Waals surface area contributed by atoms with Crippen LogP contribution in [0.25, 0.3) is 0 Å². The molecule has 0 saturated carbocycles. The summed E-state index contributed by atoms with van der Waals surface area (Å²) in [6, 6.07) is 0.446. The number of nitrogens with one attached hydrogen (secondary N) is 1. The maximum Gasteiger partial charge on any atom is 0.304 e. The average Bonchev–Trinajstić information content (AvgIpc) is 2.32. The zero-order valence-corrected chi connectivity index (χ0v) is 7.79. The van der Waals surface area contributed by atoms with Gasteiger partial charge in [0, 0.05) is 25.8 Å². The van der Waals surface area contributed by atoms with Gasteiger partial charge >= 0.3 is 5.97 Å². The lowest BCUT2D eigenvalue weighted by Crippen LogP contribution is -2.31. The Kier molecular flexibility index (Phi) is 4.78. The number of hydrogen-bond acceptors (Lipinski definition) is 3. The van der Waals surface area contributed by atoms with E-state index < -0.39 is 5.97 Å². The molecule has 4 heteroatoms. The SMILES string of the molecule is O=C(O)CCNC1CCCOCC1. The molecule has 1 aliphatic heterocycles. The van der Waals surface area contributed by atoms with Crippen molar-refractivity contribution in [3.8, 4) is 0 Å². The third-order valence-corrected chi connectivity index (χ3v) is 2.22. The highest BCUT2D eigenvalue weighted by molar-refractivity contribution is 5.66. The molecule has 76 valence electrons. The van der Waals surface area contributed by atoms with Crippen molar-refractivity contribution in [2.75, 3.05) is 19.8 Å². The van der Waals surface area contributed by atoms with Crippen LogP contribution in [0.15, 0.2) is 0 Å². The molecular weight excluding hydrogens is 170 g/mol. The van der Waals surface area contributed by atoms with E-state index >= 15 is 0 Å². The lowest BCUT2D eigenvalue weighted by molar-refractivity contribution is -0.136. The first-order valence-corrected chi connectivity index (χ1v) is 4.82. The van der Waals surface area contributed by atoms with Crippen molar-refractivity contribution in [3.63, 3.8) is 0 Å². The van der Waals surface area contributed by atoms with Gasteiger partial charge in [-0.3, -0.25) is 4.79 Å². The molecule has 0 aliphatic carbocycles. The van der Waals surface area contributed by atoms with Crippen LogP contribution in [0.2, 0.25) is 0 Å². The highest BCUT2D eigenvalue weighted by Crippen LogP contribution is 2.07. The first-order valence-electron chi connectivity index (χ1n) is 4.82. The molecule has 13 heavy (non-hydrogen) atoms. The summed E-state index contributed by atoms with van der Waals surface area (Å²) < 4.78 is 5.30. The Morgan fingerprint density at radius 2 is 2.31 bits per heavy atom. The van der Waals surface area contributed by atoms with Gasteiger partial charge in [-0.15, -0.1) is 0 Å². The fourth-order valence-corrected chi connectivity index (χ4v) is 1.49. The van der Waals surface area contributed by atoms with Gasteiger partial charge in [-0.1, -0.05) is 0 Å². The normalized spacial score (nSPS) is 23.8. The zero-order valence-electron chi connectivity index (χ0n) is 7.79. The standard InChI is InChI=1S/C9H17NO3/c11-9(12)3-5-10-8-2-1-6-13-7-4-8/h8,10H,1-7H2,(H,11,12). The van der Waals surface area contributed by atoms with Crippen molar-refractivity contribution < 1.29 is 14.6 Å². The second-order valence-corrected chi connectivity index (χ2v) is 3.34. The lowest BCUT2D eigenvalue weighted by atomic mass is 10.1. The number of carboxylic acid groups (broad SMARTS) is 1. The van der Waals surface area contributed by atoms with Crippen molar-refractivity contribution in [2.45, 2.75) is 31.7 Å². The van der Waals surface area contributed by atoms with Gasteiger partial charge in [-0.2, -0.15) is 0 Å². The minimum Gasteiger partial charge on any atom is -0.481 e. The largest absolute Gasteiger partial charge is 0.481 e. The van der Waals surface area contributed by atoms with E-state index in [2.05, 4.69) is 5.32 Å². The maximum absolute atomic E-state index is 10.2. The van der Waals surface area contributed by atoms with Gasteiger partial charge in [0.2, 0.25) is 0 Å². The van der Waals surface area contributed by atoms with E-state index in [0.29, 0.717) is 12.6 Å². The summed E-state index contributed by atoms with van der Waals surface area (Å²) in [5.41, 5.74) is 0. The van der Waals surface area contributed by atoms with E-state index in [1.807, 2.05) is 0 Å². The highest BCUT2D eigenvalue weighted by Gasteiger charge is 2.11. The summed E-state index contributed by atoms with van der Waals surface area (Å²) >= 11 is 0. The van der Waals surface area contributed by atoms with Crippen LogP contribution in [0.3, 0.4) is 0 Å². The molecule has 0 radical (unpaired) electrons. The second kappa shape index (κ2) is 5.94. The Balaban J connectivity index is 2.08. The van der Waals surface area contributed by atoms with Crippen molar-refractivity contribution in [2.24, 2.45) is 0 Å². The van der Waals surface area contributed by atoms with Crippen LogP contribution < -0.4 is 5.32 Å². The van der Waals surface area contributed by atoms with E-state index in [1.54, 1.807) is 0 Å². The highest BCUT2D eigenvalue weighted by atomic mass is 16.5. The summed E-state index contributed by atoms with van der Waals surface area (Å²) in [5, 5.41) is 11.7. The number of aliphatic carboxylic acids is 1. The predicted molar refractivity (Wildman–Crippen MR) is 48.7 cm³/mol. The number of carboxylic acids is 1. The molecule has 1 unspecified atom stereocenters. The summed E-state index contributed by atoms with van der Waals surface area (Å²) in [6.07, 6.45) is 3.38. The van der Waals surface area contributed by atoms with Gasteiger partial charge in [0.1, 0.15) is 0 Å². The minimum atomic E-state index is -0.739. The van der Waals surface area contributed by atoms with E-state index in [1.165, 1.54) is 0 Å². The molecule has 0 aromatic carbocycles. The molecular formula is C9H17NO3. The molecule has 1 aliphatic rings. The van der Waals surface area contributed by atoms with Crippen LogP contribution in [0.1, 0.15) is 25.7 Å². The van der Waals surface area contributed by atoms with Gasteiger partial charge in [-0.05, 0) is 19.3 Å². The third kappa shape index (κ3) is 4.85. The van der Waals surface area contributed by atoms with E-state index in [9.17, 15) is 4.79 Å². The van der Waals surface area contributed by atoms with E-state index in [-0.39, 0.29) is 6.42 Å². The van der Waals surface area contributed by atoms with Gasteiger partial charge in [0.25, 0.3) is 0 Å². The number of ether oxygens (including phenoxy) is 1. The van der Waals surface area contributed by atoms with Gasteiger partial charge in [0.05, 0.1) is 6.42 Å². The molecule has 0 bridgehead atoms. The summed E-state index contributed by atoms with van der Waals surface area (Å²) in [6.45, 7) is 2.21. The molecule has 2 N–H and O–H groups in total. The van der Waals surface area contributed by atoms with E-state index in [4.69, 9.17) is 9.84 Å². The molecule has 1 atom stereocenters. The van der Waals surface area contributed by atoms with Crippen molar-refractivity contribution in [3.05, 3.63) is 0 Å². The van der Waals surface area contributed by atoms with Crippen LogP contribution in [-0.4, -0.2) is 36.9 Å². The number of rotatable bonds is 4. The molecule has 0 amide bonds. The Labute approximate surface area is 78.3 Å². The van der Waals surface area contributed by atoms with Crippen molar-refractivity contribution in [1.29, 1.82) is 0 Å². The van der Waals surface area contributed by atoms with Crippen molar-refractivity contribution in [1.82, 2.24) is 5.32 Å². The zero-order chi connectivity index (χ0) is 9.52. The number of hydrogen-bond donors (Lipinski definition) is 2. The fourth-order valence-electron chi connectivity index (χ4n) is 1.49. The molecule has 1 saturated heterocycles.